The molecule has 0 spiro atoms. The lowest BCUT2D eigenvalue weighted by molar-refractivity contribution is 0.0696. The van der Waals surface area contributed by atoms with Gasteiger partial charge in [-0.25, -0.2) is 4.79 Å². The monoisotopic (exact) mass is 257 g/mol. The molecule has 0 saturated heterocycles. The van der Waals surface area contributed by atoms with Gasteiger partial charge in [0.05, 0.1) is 5.56 Å². The minimum Gasteiger partial charge on any atom is -0.508 e. The predicted octanol–water partition coefficient (Wildman–Crippen LogP) is 3.01. The Labute approximate surface area is 111 Å². The molecule has 4 heteroatoms. The molecule has 0 aliphatic carbocycles. The second kappa shape index (κ2) is 5.44. The van der Waals surface area contributed by atoms with Crippen LogP contribution in [0.2, 0.25) is 0 Å². The molecule has 0 saturated carbocycles. The van der Waals surface area contributed by atoms with Gasteiger partial charge in [0, 0.05) is 12.2 Å². The quantitative estimate of drug-likeness (QED) is 0.787. The predicted molar refractivity (Wildman–Crippen MR) is 73.6 cm³/mol. The van der Waals surface area contributed by atoms with Crippen LogP contribution < -0.4 is 5.32 Å². The van der Waals surface area contributed by atoms with E-state index in [1.54, 1.807) is 37.3 Å². The van der Waals surface area contributed by atoms with Crippen LogP contribution in [-0.4, -0.2) is 16.2 Å². The van der Waals surface area contributed by atoms with E-state index in [0.717, 1.165) is 11.3 Å². The number of hydrogen-bond donors (Lipinski definition) is 3. The summed E-state index contributed by atoms with van der Waals surface area (Å²) in [6.07, 6.45) is 0. The van der Waals surface area contributed by atoms with Crippen LogP contribution in [0.1, 0.15) is 21.5 Å². The first-order valence-corrected chi connectivity index (χ1v) is 5.92. The van der Waals surface area contributed by atoms with Crippen LogP contribution in [0.4, 0.5) is 5.69 Å². The van der Waals surface area contributed by atoms with Gasteiger partial charge in [-0.05, 0) is 42.3 Å². The summed E-state index contributed by atoms with van der Waals surface area (Å²) >= 11 is 0. The molecule has 0 heterocycles. The van der Waals surface area contributed by atoms with E-state index in [1.807, 2.05) is 12.1 Å². The summed E-state index contributed by atoms with van der Waals surface area (Å²) in [6.45, 7) is 2.30. The maximum Gasteiger partial charge on any atom is 0.336 e. The van der Waals surface area contributed by atoms with Crippen molar-refractivity contribution < 1.29 is 15.0 Å². The van der Waals surface area contributed by atoms with Gasteiger partial charge in [-0.3, -0.25) is 0 Å². The van der Waals surface area contributed by atoms with Gasteiger partial charge in [0.2, 0.25) is 0 Å². The second-order valence-corrected chi connectivity index (χ2v) is 4.31. The van der Waals surface area contributed by atoms with Gasteiger partial charge in [-0.2, -0.15) is 0 Å². The summed E-state index contributed by atoms with van der Waals surface area (Å²) in [5.74, 6) is -0.714. The first-order valence-electron chi connectivity index (χ1n) is 5.92. The molecule has 3 N–H and O–H groups in total. The summed E-state index contributed by atoms with van der Waals surface area (Å²) in [6, 6.07) is 12.1. The molecule has 0 fully saturated rings. The van der Waals surface area contributed by atoms with Crippen molar-refractivity contribution >= 4 is 11.7 Å². The van der Waals surface area contributed by atoms with Crippen molar-refractivity contribution in [3.8, 4) is 5.75 Å². The number of benzene rings is 2. The molecule has 0 amide bonds. The standard InChI is InChI=1S/C15H15NO3/c1-10-13(15(18)19)6-3-7-14(10)16-9-11-4-2-5-12(17)8-11/h2-8,16-17H,9H2,1H3,(H,18,19). The number of phenolic OH excluding ortho intramolecular Hbond substituents is 1. The zero-order valence-electron chi connectivity index (χ0n) is 10.6. The molecule has 19 heavy (non-hydrogen) atoms. The van der Waals surface area contributed by atoms with E-state index in [4.69, 9.17) is 5.11 Å². The number of carbonyl (C=O) groups is 1. The fourth-order valence-corrected chi connectivity index (χ4v) is 1.92. The highest BCUT2D eigenvalue weighted by atomic mass is 16.4. The summed E-state index contributed by atoms with van der Waals surface area (Å²) in [5.41, 5.74) is 2.71. The molecule has 0 aliphatic heterocycles. The highest BCUT2D eigenvalue weighted by molar-refractivity contribution is 5.91. The molecule has 0 radical (unpaired) electrons. The summed E-state index contributed by atoms with van der Waals surface area (Å²) in [4.78, 5) is 11.0. The molecule has 98 valence electrons. The van der Waals surface area contributed by atoms with Gasteiger partial charge in [0.25, 0.3) is 0 Å². The maximum atomic E-state index is 11.0. The van der Waals surface area contributed by atoms with Gasteiger partial charge in [0.1, 0.15) is 5.75 Å². The van der Waals surface area contributed by atoms with Crippen LogP contribution in [0.3, 0.4) is 0 Å². The highest BCUT2D eigenvalue weighted by Crippen LogP contribution is 2.20. The van der Waals surface area contributed by atoms with E-state index >= 15 is 0 Å². The minimum absolute atomic E-state index is 0.218. The van der Waals surface area contributed by atoms with Crippen molar-refractivity contribution in [2.45, 2.75) is 13.5 Å². The van der Waals surface area contributed by atoms with Gasteiger partial charge in [-0.1, -0.05) is 18.2 Å². The Morgan fingerprint density at radius 2 is 1.95 bits per heavy atom. The minimum atomic E-state index is -0.932. The maximum absolute atomic E-state index is 11.0. The van der Waals surface area contributed by atoms with Crippen molar-refractivity contribution in [1.29, 1.82) is 0 Å². The van der Waals surface area contributed by atoms with E-state index in [1.165, 1.54) is 0 Å². The average molecular weight is 257 g/mol. The molecule has 0 atom stereocenters. The van der Waals surface area contributed by atoms with E-state index in [2.05, 4.69) is 5.32 Å². The van der Waals surface area contributed by atoms with Crippen molar-refractivity contribution in [3.63, 3.8) is 0 Å². The third-order valence-corrected chi connectivity index (χ3v) is 2.96. The number of phenols is 1. The normalized spacial score (nSPS) is 10.2. The molecule has 2 rings (SSSR count). The number of carboxylic acids is 1. The van der Waals surface area contributed by atoms with Crippen LogP contribution in [-0.2, 0) is 6.54 Å². The van der Waals surface area contributed by atoms with Gasteiger partial charge >= 0.3 is 5.97 Å². The van der Waals surface area contributed by atoms with Gasteiger partial charge < -0.3 is 15.5 Å². The fourth-order valence-electron chi connectivity index (χ4n) is 1.92. The Morgan fingerprint density at radius 3 is 2.63 bits per heavy atom. The van der Waals surface area contributed by atoms with Crippen molar-refractivity contribution in [2.75, 3.05) is 5.32 Å². The number of aromatic carboxylic acids is 1. The lowest BCUT2D eigenvalue weighted by Crippen LogP contribution is -2.05. The number of rotatable bonds is 4. The molecule has 0 aromatic heterocycles. The lowest BCUT2D eigenvalue weighted by atomic mass is 10.1. The first kappa shape index (κ1) is 13.0. The third-order valence-electron chi connectivity index (χ3n) is 2.96. The highest BCUT2D eigenvalue weighted by Gasteiger charge is 2.09. The summed E-state index contributed by atoms with van der Waals surface area (Å²) < 4.78 is 0. The zero-order valence-corrected chi connectivity index (χ0v) is 10.6. The number of anilines is 1. The molecular formula is C15H15NO3. The SMILES string of the molecule is Cc1c(NCc2cccc(O)c2)cccc1C(=O)O. The zero-order chi connectivity index (χ0) is 13.8. The van der Waals surface area contributed by atoms with Crippen molar-refractivity contribution in [1.82, 2.24) is 0 Å². The van der Waals surface area contributed by atoms with Crippen LogP contribution in [0, 0.1) is 6.92 Å². The van der Waals surface area contributed by atoms with Crippen molar-refractivity contribution in [2.24, 2.45) is 0 Å². The van der Waals surface area contributed by atoms with Crippen LogP contribution in [0.15, 0.2) is 42.5 Å². The Hall–Kier alpha value is -2.49. The summed E-state index contributed by atoms with van der Waals surface area (Å²) in [5, 5.41) is 21.6. The smallest absolute Gasteiger partial charge is 0.336 e. The van der Waals surface area contributed by atoms with Crippen LogP contribution >= 0.6 is 0 Å². The molecular weight excluding hydrogens is 242 g/mol. The van der Waals surface area contributed by atoms with Gasteiger partial charge in [0.15, 0.2) is 0 Å². The number of aromatic hydroxyl groups is 1. The summed E-state index contributed by atoms with van der Waals surface area (Å²) in [7, 11) is 0. The fraction of sp³-hybridized carbons (Fsp3) is 0.133. The molecule has 2 aromatic rings. The average Bonchev–Trinajstić information content (AvgIpc) is 2.37. The Kier molecular flexibility index (Phi) is 3.71. The van der Waals surface area contributed by atoms with E-state index < -0.39 is 5.97 Å². The lowest BCUT2D eigenvalue weighted by Gasteiger charge is -2.11. The first-order chi connectivity index (χ1) is 9.08. The topological polar surface area (TPSA) is 69.6 Å². The van der Waals surface area contributed by atoms with Crippen molar-refractivity contribution in [3.05, 3.63) is 59.2 Å². The van der Waals surface area contributed by atoms with E-state index in [9.17, 15) is 9.90 Å². The second-order valence-electron chi connectivity index (χ2n) is 4.31. The Bertz CT molecular complexity index is 608. The van der Waals surface area contributed by atoms with Crippen LogP contribution in [0.5, 0.6) is 5.75 Å². The number of hydrogen-bond acceptors (Lipinski definition) is 3. The molecule has 2 aromatic carbocycles. The Balaban J connectivity index is 2.16. The van der Waals surface area contributed by atoms with Gasteiger partial charge in [-0.15, -0.1) is 0 Å². The third kappa shape index (κ3) is 3.04. The molecule has 0 bridgehead atoms. The van der Waals surface area contributed by atoms with E-state index in [-0.39, 0.29) is 5.75 Å². The van der Waals surface area contributed by atoms with Crippen LogP contribution in [0.25, 0.3) is 0 Å². The number of carboxylic acid groups (broad SMARTS) is 1. The molecule has 0 aliphatic rings. The molecule has 0 unspecified atom stereocenters. The largest absolute Gasteiger partial charge is 0.508 e. The molecule has 4 nitrogen and oxygen atoms in total. The Morgan fingerprint density at radius 1 is 1.21 bits per heavy atom. The van der Waals surface area contributed by atoms with E-state index in [0.29, 0.717) is 17.7 Å². The number of nitrogens with one attached hydrogen (secondary N) is 1.